The minimum atomic E-state index is -2.49. The van der Waals surface area contributed by atoms with Crippen molar-refractivity contribution in [2.24, 2.45) is 0 Å². The van der Waals surface area contributed by atoms with Gasteiger partial charge in [0.2, 0.25) is 0 Å². The molecule has 0 aliphatic heterocycles. The first kappa shape index (κ1) is 41.4. The third-order valence-corrected chi connectivity index (χ3v) is 19.6. The summed E-state index contributed by atoms with van der Waals surface area (Å²) in [5.41, 5.74) is 0. The van der Waals surface area contributed by atoms with E-state index in [-0.39, 0.29) is 6.61 Å². The summed E-state index contributed by atoms with van der Waals surface area (Å²) in [5, 5.41) is 8.58. The number of ether oxygens (including phenoxy) is 8. The van der Waals surface area contributed by atoms with Gasteiger partial charge in [0.05, 0.1) is 66.1 Å². The molecule has 0 saturated heterocycles. The normalized spacial score (nSPS) is 12.0. The Balaban J connectivity index is 3.44. The molecule has 41 heavy (non-hydrogen) atoms. The number of rotatable bonds is 36. The van der Waals surface area contributed by atoms with Crippen LogP contribution in [-0.4, -0.2) is 143 Å². The quantitative estimate of drug-likeness (QED) is 0.0743. The molecule has 0 aromatic heterocycles. The van der Waals surface area contributed by atoms with Crippen molar-refractivity contribution in [3.63, 3.8) is 0 Å². The van der Waals surface area contributed by atoms with Crippen molar-refractivity contribution in [1.82, 2.24) is 0 Å². The van der Waals surface area contributed by atoms with Crippen LogP contribution in [0.25, 0.3) is 0 Å². The predicted molar refractivity (Wildman–Crippen MR) is 164 cm³/mol. The molecule has 0 atom stereocenters. The summed E-state index contributed by atoms with van der Waals surface area (Å²) in [6, 6.07) is 0. The third kappa shape index (κ3) is 30.2. The Kier molecular flexibility index (Phi) is 35.2. The van der Waals surface area contributed by atoms with Crippen LogP contribution in [0.15, 0.2) is 0 Å². The average molecular weight is 704 g/mol. The summed E-state index contributed by atoms with van der Waals surface area (Å²) in [5.74, 6) is 0. The third-order valence-electron chi connectivity index (χ3n) is 6.43. The average Bonchev–Trinajstić information content (AvgIpc) is 2.99. The molecule has 0 unspecified atom stereocenters. The van der Waals surface area contributed by atoms with Gasteiger partial charge in [-0.1, -0.05) is 0 Å². The van der Waals surface area contributed by atoms with E-state index in [1.807, 2.05) is 0 Å². The molecule has 0 rings (SSSR count). The smallest absolute Gasteiger partial charge is 0.394 e. The monoisotopic (exact) mass is 704 g/mol. The van der Waals surface area contributed by atoms with Gasteiger partial charge >= 0.3 is 162 Å². The molecule has 0 saturated carbocycles. The molecule has 0 amide bonds. The molecule has 0 aliphatic carbocycles. The molecule has 0 aromatic carbocycles. The van der Waals surface area contributed by atoms with Crippen molar-refractivity contribution in [3.05, 3.63) is 0 Å². The van der Waals surface area contributed by atoms with Crippen LogP contribution in [-0.2, 0) is 41.0 Å². The van der Waals surface area contributed by atoms with E-state index >= 15 is 0 Å². The maximum absolute atomic E-state index is 8.58. The zero-order valence-corrected chi connectivity index (χ0v) is 29.6. The van der Waals surface area contributed by atoms with E-state index in [4.69, 9.17) is 46.1 Å². The van der Waals surface area contributed by atoms with E-state index in [9.17, 15) is 0 Å². The van der Waals surface area contributed by atoms with Crippen LogP contribution >= 0.6 is 0 Å². The van der Waals surface area contributed by atoms with E-state index in [1.54, 1.807) is 0 Å². The SMILES string of the molecule is CCC[CH2][Sn]([CH2]CCC)([CH2]CCC)[O]CCOCCOCCOCCOCCOCCOCCOCCOCCO. The van der Waals surface area contributed by atoms with Gasteiger partial charge in [-0.3, -0.25) is 0 Å². The molecule has 0 aromatic rings. The van der Waals surface area contributed by atoms with E-state index < -0.39 is 18.8 Å². The second-order valence-corrected chi connectivity index (χ2v) is 21.8. The summed E-state index contributed by atoms with van der Waals surface area (Å²) >= 11 is -2.49. The number of hydrogen-bond acceptors (Lipinski definition) is 10. The second kappa shape index (κ2) is 34.9. The first-order chi connectivity index (χ1) is 20.2. The molecule has 0 fully saturated rings. The number of aliphatic hydroxyl groups excluding tert-OH is 1. The molecule has 0 bridgehead atoms. The van der Waals surface area contributed by atoms with E-state index in [1.165, 1.54) is 51.8 Å². The van der Waals surface area contributed by atoms with Crippen molar-refractivity contribution < 1.29 is 46.1 Å². The molecule has 0 aliphatic rings. The Morgan fingerprint density at radius 1 is 0.366 bits per heavy atom. The first-order valence-electron chi connectivity index (χ1n) is 16.1. The number of hydrogen-bond donors (Lipinski definition) is 1. The van der Waals surface area contributed by atoms with Gasteiger partial charge in [-0.15, -0.1) is 0 Å². The van der Waals surface area contributed by atoms with Crippen LogP contribution in [0.5, 0.6) is 0 Å². The summed E-state index contributed by atoms with van der Waals surface area (Å²) in [6.45, 7) is 16.1. The topological polar surface area (TPSA) is 103 Å². The van der Waals surface area contributed by atoms with Crippen molar-refractivity contribution in [2.75, 3.05) is 119 Å². The number of unbranched alkanes of at least 4 members (excludes halogenated alkanes) is 3. The Morgan fingerprint density at radius 3 is 0.854 bits per heavy atom. The predicted octanol–water partition coefficient (Wildman–Crippen LogP) is 4.47. The Morgan fingerprint density at radius 2 is 0.610 bits per heavy atom. The van der Waals surface area contributed by atoms with Gasteiger partial charge in [-0.25, -0.2) is 0 Å². The van der Waals surface area contributed by atoms with E-state index in [0.717, 1.165) is 6.61 Å². The Bertz CT molecular complexity index is 468. The van der Waals surface area contributed by atoms with Gasteiger partial charge in [0.25, 0.3) is 0 Å². The van der Waals surface area contributed by atoms with Crippen molar-refractivity contribution in [1.29, 1.82) is 0 Å². The summed E-state index contributed by atoms with van der Waals surface area (Å²) < 4.78 is 54.5. The van der Waals surface area contributed by atoms with Crippen LogP contribution in [0.2, 0.25) is 13.3 Å². The number of aliphatic hydroxyl groups is 1. The van der Waals surface area contributed by atoms with Crippen LogP contribution in [0.4, 0.5) is 0 Å². The van der Waals surface area contributed by atoms with Crippen molar-refractivity contribution in [2.45, 2.75) is 72.6 Å². The zero-order chi connectivity index (χ0) is 30.0. The van der Waals surface area contributed by atoms with E-state index in [2.05, 4.69) is 20.8 Å². The van der Waals surface area contributed by atoms with Crippen molar-refractivity contribution in [3.8, 4) is 0 Å². The summed E-state index contributed by atoms with van der Waals surface area (Å²) in [6.07, 6.45) is 7.75. The van der Waals surface area contributed by atoms with Gasteiger partial charge in [0.1, 0.15) is 0 Å². The van der Waals surface area contributed by atoms with Gasteiger partial charge in [-0.2, -0.15) is 0 Å². The van der Waals surface area contributed by atoms with E-state index in [0.29, 0.717) is 106 Å². The van der Waals surface area contributed by atoms with Crippen LogP contribution in [0, 0.1) is 0 Å². The van der Waals surface area contributed by atoms with Gasteiger partial charge < -0.3 is 28.8 Å². The fourth-order valence-electron chi connectivity index (χ4n) is 4.11. The Labute approximate surface area is 255 Å². The minimum absolute atomic E-state index is 0.0328. The Hall–Kier alpha value is 0.399. The van der Waals surface area contributed by atoms with Crippen LogP contribution in [0.3, 0.4) is 0 Å². The van der Waals surface area contributed by atoms with Gasteiger partial charge in [0.15, 0.2) is 0 Å². The maximum atomic E-state index is 8.58. The molecule has 1 N–H and O–H groups in total. The fourth-order valence-corrected chi connectivity index (χ4v) is 17.5. The van der Waals surface area contributed by atoms with Gasteiger partial charge in [0, 0.05) is 0 Å². The van der Waals surface area contributed by atoms with Gasteiger partial charge in [-0.05, 0) is 0 Å². The molecule has 0 radical (unpaired) electrons. The molecule has 10 nitrogen and oxygen atoms in total. The summed E-state index contributed by atoms with van der Waals surface area (Å²) in [4.78, 5) is 0. The zero-order valence-electron chi connectivity index (χ0n) is 26.7. The summed E-state index contributed by atoms with van der Waals surface area (Å²) in [7, 11) is 0. The minimum Gasteiger partial charge on any atom is -0.394 e. The fraction of sp³-hybridized carbons (Fsp3) is 1.00. The standard InChI is InChI=1S/C18H37O10.3C4H9.Sn/c19-1-3-21-5-7-23-9-11-25-13-15-27-17-18-28-16-14-26-12-10-24-8-6-22-4-2-20;3*1-3-4-2;/h19H,1-18H2;3*1,3-4H2,2H3;/q-1;;;;+1. The van der Waals surface area contributed by atoms with Crippen LogP contribution < -0.4 is 0 Å². The molecule has 11 heteroatoms. The molecule has 0 spiro atoms. The van der Waals surface area contributed by atoms with Crippen LogP contribution in [0.1, 0.15) is 59.3 Å². The molecule has 248 valence electrons. The first-order valence-corrected chi connectivity index (χ1v) is 23.3. The second-order valence-electron chi connectivity index (χ2n) is 9.96. The van der Waals surface area contributed by atoms with Crippen molar-refractivity contribution >= 4 is 18.8 Å². The molecular formula is C30H64O10Sn. The molecular weight excluding hydrogens is 639 g/mol. The molecule has 0 heterocycles.